The lowest BCUT2D eigenvalue weighted by molar-refractivity contribution is -0.127. The van der Waals surface area contributed by atoms with Gasteiger partial charge in [0.25, 0.3) is 5.91 Å². The molecule has 1 aromatic carbocycles. The fourth-order valence-corrected chi connectivity index (χ4v) is 1.55. The Morgan fingerprint density at radius 1 is 1.20 bits per heavy atom. The van der Waals surface area contributed by atoms with E-state index < -0.39 is 0 Å². The zero-order valence-corrected chi connectivity index (χ0v) is 12.4. The number of nitrogens with one attached hydrogen (secondary N) is 2. The molecule has 0 atom stereocenters. The van der Waals surface area contributed by atoms with Crippen LogP contribution >= 0.6 is 0 Å². The van der Waals surface area contributed by atoms with Crippen molar-refractivity contribution in [3.05, 3.63) is 29.8 Å². The van der Waals surface area contributed by atoms with E-state index in [1.807, 2.05) is 45.9 Å². The summed E-state index contributed by atoms with van der Waals surface area (Å²) in [6, 6.07) is 7.44. The molecule has 0 aliphatic rings. The molecule has 0 aliphatic heterocycles. The van der Waals surface area contributed by atoms with Crippen molar-refractivity contribution in [1.82, 2.24) is 10.6 Å². The van der Waals surface area contributed by atoms with Crippen LogP contribution in [0.15, 0.2) is 24.3 Å². The van der Waals surface area contributed by atoms with Gasteiger partial charge in [0.1, 0.15) is 5.75 Å². The summed E-state index contributed by atoms with van der Waals surface area (Å²) in [4.78, 5) is 23.1. The van der Waals surface area contributed by atoms with E-state index in [1.165, 1.54) is 0 Å². The van der Waals surface area contributed by atoms with Crippen LogP contribution in [-0.4, -0.2) is 30.5 Å². The topological polar surface area (TPSA) is 67.4 Å². The van der Waals surface area contributed by atoms with E-state index in [1.54, 1.807) is 6.07 Å². The van der Waals surface area contributed by atoms with E-state index in [-0.39, 0.29) is 30.5 Å². The zero-order valence-electron chi connectivity index (χ0n) is 12.4. The Bertz CT molecular complexity index is 478. The van der Waals surface area contributed by atoms with Crippen molar-refractivity contribution in [2.24, 2.45) is 0 Å². The lowest BCUT2D eigenvalue weighted by Gasteiger charge is -2.20. The maximum absolute atomic E-state index is 11.6. The smallest absolute Gasteiger partial charge is 0.258 e. The fraction of sp³-hybridized carbons (Fsp3) is 0.467. The van der Waals surface area contributed by atoms with Crippen LogP contribution in [0.5, 0.6) is 5.75 Å². The van der Waals surface area contributed by atoms with Gasteiger partial charge in [0.05, 0.1) is 6.54 Å². The van der Waals surface area contributed by atoms with Gasteiger partial charge in [-0.15, -0.1) is 0 Å². The highest BCUT2D eigenvalue weighted by Gasteiger charge is 2.14. The Kier molecular flexibility index (Phi) is 5.55. The minimum atomic E-state index is -0.324. The van der Waals surface area contributed by atoms with Gasteiger partial charge in [0, 0.05) is 5.54 Å². The molecule has 5 heteroatoms. The highest BCUT2D eigenvalue weighted by Crippen LogP contribution is 2.11. The van der Waals surface area contributed by atoms with E-state index in [4.69, 9.17) is 4.74 Å². The van der Waals surface area contributed by atoms with Gasteiger partial charge in [0.2, 0.25) is 5.91 Å². The summed E-state index contributed by atoms with van der Waals surface area (Å²) in [7, 11) is 0. The van der Waals surface area contributed by atoms with Gasteiger partial charge in [-0.2, -0.15) is 0 Å². The lowest BCUT2D eigenvalue weighted by Crippen LogP contribution is -2.46. The van der Waals surface area contributed by atoms with Crippen LogP contribution in [0.25, 0.3) is 0 Å². The number of amides is 2. The highest BCUT2D eigenvalue weighted by molar-refractivity contribution is 5.85. The molecule has 110 valence electrons. The summed E-state index contributed by atoms with van der Waals surface area (Å²) < 4.78 is 5.34. The quantitative estimate of drug-likeness (QED) is 0.855. The van der Waals surface area contributed by atoms with Gasteiger partial charge in [-0.1, -0.05) is 12.1 Å². The molecule has 0 heterocycles. The van der Waals surface area contributed by atoms with Gasteiger partial charge in [-0.05, 0) is 45.4 Å². The number of rotatable bonds is 5. The van der Waals surface area contributed by atoms with Crippen molar-refractivity contribution in [3.63, 3.8) is 0 Å². The molecule has 0 aromatic heterocycles. The second-order valence-corrected chi connectivity index (χ2v) is 5.68. The molecule has 20 heavy (non-hydrogen) atoms. The van der Waals surface area contributed by atoms with E-state index in [2.05, 4.69) is 10.6 Å². The Balaban J connectivity index is 2.29. The maximum atomic E-state index is 11.6. The second-order valence-electron chi connectivity index (χ2n) is 5.68. The van der Waals surface area contributed by atoms with Crippen LogP contribution in [0.2, 0.25) is 0 Å². The molecule has 0 saturated carbocycles. The van der Waals surface area contributed by atoms with Crippen molar-refractivity contribution in [1.29, 1.82) is 0 Å². The van der Waals surface area contributed by atoms with Gasteiger partial charge < -0.3 is 15.4 Å². The molecule has 5 nitrogen and oxygen atoms in total. The first-order valence-corrected chi connectivity index (χ1v) is 6.53. The summed E-state index contributed by atoms with van der Waals surface area (Å²) in [6.45, 7) is 7.44. The first-order chi connectivity index (χ1) is 9.26. The summed E-state index contributed by atoms with van der Waals surface area (Å²) >= 11 is 0. The largest absolute Gasteiger partial charge is 0.484 e. The molecule has 1 rings (SSSR count). The van der Waals surface area contributed by atoms with E-state index >= 15 is 0 Å². The number of aryl methyl sites for hydroxylation is 1. The lowest BCUT2D eigenvalue weighted by atomic mass is 10.1. The molecule has 1 aromatic rings. The third-order valence-corrected chi connectivity index (χ3v) is 2.32. The number of carbonyl (C=O) groups excluding carboxylic acids is 2. The Morgan fingerprint density at radius 3 is 2.50 bits per heavy atom. The number of benzene rings is 1. The Morgan fingerprint density at radius 2 is 1.90 bits per heavy atom. The molecule has 0 saturated heterocycles. The van der Waals surface area contributed by atoms with Crippen molar-refractivity contribution in [2.75, 3.05) is 13.2 Å². The maximum Gasteiger partial charge on any atom is 0.258 e. The third-order valence-electron chi connectivity index (χ3n) is 2.32. The molecule has 0 unspecified atom stereocenters. The standard InChI is InChI=1S/C15H22N2O3/c1-11-6-5-7-12(8-11)20-10-14(19)16-9-13(18)17-15(2,3)4/h5-8H,9-10H2,1-4H3,(H,16,19)(H,17,18). The van der Waals surface area contributed by atoms with Gasteiger partial charge >= 0.3 is 0 Å². The van der Waals surface area contributed by atoms with Crippen molar-refractivity contribution < 1.29 is 14.3 Å². The fourth-order valence-electron chi connectivity index (χ4n) is 1.55. The monoisotopic (exact) mass is 278 g/mol. The normalized spacial score (nSPS) is 10.8. The Hall–Kier alpha value is -2.04. The van der Waals surface area contributed by atoms with E-state index in [0.717, 1.165) is 5.56 Å². The van der Waals surface area contributed by atoms with E-state index in [0.29, 0.717) is 5.75 Å². The minimum Gasteiger partial charge on any atom is -0.484 e. The van der Waals surface area contributed by atoms with Crippen molar-refractivity contribution in [3.8, 4) is 5.75 Å². The van der Waals surface area contributed by atoms with Crippen molar-refractivity contribution >= 4 is 11.8 Å². The number of ether oxygens (including phenoxy) is 1. The molecule has 2 N–H and O–H groups in total. The summed E-state index contributed by atoms with van der Waals surface area (Å²) in [6.07, 6.45) is 0. The van der Waals surface area contributed by atoms with Crippen molar-refractivity contribution in [2.45, 2.75) is 33.2 Å². The molecular weight excluding hydrogens is 256 g/mol. The summed E-state index contributed by atoms with van der Waals surface area (Å²) in [5.74, 6) is 0.0938. The minimum absolute atomic E-state index is 0.0483. The number of carbonyl (C=O) groups is 2. The second kappa shape index (κ2) is 6.93. The highest BCUT2D eigenvalue weighted by atomic mass is 16.5. The molecule has 0 aliphatic carbocycles. The van der Waals surface area contributed by atoms with Crippen LogP contribution in [0.3, 0.4) is 0 Å². The first kappa shape index (κ1) is 16.0. The molecule has 0 radical (unpaired) electrons. The van der Waals surface area contributed by atoms with Crippen LogP contribution in [-0.2, 0) is 9.59 Å². The molecule has 2 amide bonds. The third kappa shape index (κ3) is 6.78. The Labute approximate surface area is 119 Å². The average Bonchev–Trinajstić information content (AvgIpc) is 2.32. The summed E-state index contributed by atoms with van der Waals surface area (Å²) in [5, 5.41) is 5.28. The number of hydrogen-bond donors (Lipinski definition) is 2. The summed E-state index contributed by atoms with van der Waals surface area (Å²) in [5.41, 5.74) is 0.757. The van der Waals surface area contributed by atoms with E-state index in [9.17, 15) is 9.59 Å². The predicted molar refractivity (Wildman–Crippen MR) is 77.6 cm³/mol. The molecule has 0 bridgehead atoms. The first-order valence-electron chi connectivity index (χ1n) is 6.53. The molecular formula is C15H22N2O3. The SMILES string of the molecule is Cc1cccc(OCC(=O)NCC(=O)NC(C)(C)C)c1. The van der Waals surface area contributed by atoms with Crippen LogP contribution in [0, 0.1) is 6.92 Å². The van der Waals surface area contributed by atoms with Gasteiger partial charge in [0.15, 0.2) is 6.61 Å². The van der Waals surface area contributed by atoms with Gasteiger partial charge in [-0.25, -0.2) is 0 Å². The van der Waals surface area contributed by atoms with Crippen LogP contribution < -0.4 is 15.4 Å². The molecule has 0 spiro atoms. The van der Waals surface area contributed by atoms with Gasteiger partial charge in [-0.3, -0.25) is 9.59 Å². The van der Waals surface area contributed by atoms with Crippen LogP contribution in [0.4, 0.5) is 0 Å². The average molecular weight is 278 g/mol. The predicted octanol–water partition coefficient (Wildman–Crippen LogP) is 1.40. The zero-order chi connectivity index (χ0) is 15.2. The number of hydrogen-bond acceptors (Lipinski definition) is 3. The van der Waals surface area contributed by atoms with Crippen LogP contribution in [0.1, 0.15) is 26.3 Å². The molecule has 0 fully saturated rings.